The maximum Gasteiger partial charge on any atom is 0.191 e. The molecule has 1 heterocycles. The summed E-state index contributed by atoms with van der Waals surface area (Å²) < 4.78 is 11.4. The van der Waals surface area contributed by atoms with Crippen LogP contribution in [0.4, 0.5) is 0 Å². The molecule has 0 unspecified atom stereocenters. The van der Waals surface area contributed by atoms with Gasteiger partial charge in [-0.1, -0.05) is 6.07 Å². The molecule has 5 heteroatoms. The summed E-state index contributed by atoms with van der Waals surface area (Å²) in [6.45, 7) is 3.18. The first kappa shape index (κ1) is 14.0. The average molecular weight is 289 g/mol. The zero-order valence-corrected chi connectivity index (χ0v) is 12.5. The normalized spacial score (nSPS) is 18.0. The number of benzene rings is 1. The Morgan fingerprint density at radius 3 is 2.76 bits per heavy atom. The number of nitrogens with one attached hydrogen (secondary N) is 2. The summed E-state index contributed by atoms with van der Waals surface area (Å²) in [5.74, 6) is 3.37. The monoisotopic (exact) mass is 289 g/mol. The topological polar surface area (TPSA) is 54.9 Å². The number of guanidine groups is 1. The number of aliphatic imine (C=N–C) groups is 1. The quantitative estimate of drug-likeness (QED) is 0.657. The second-order valence-corrected chi connectivity index (χ2v) is 5.58. The maximum absolute atomic E-state index is 5.71. The summed E-state index contributed by atoms with van der Waals surface area (Å²) >= 11 is 0. The smallest absolute Gasteiger partial charge is 0.191 e. The number of fused-ring (bicyclic) bond motifs is 1. The van der Waals surface area contributed by atoms with E-state index < -0.39 is 0 Å². The van der Waals surface area contributed by atoms with Gasteiger partial charge in [0.1, 0.15) is 0 Å². The summed E-state index contributed by atoms with van der Waals surface area (Å²) in [7, 11) is 1.80. The molecule has 0 bridgehead atoms. The third-order valence-electron chi connectivity index (χ3n) is 3.75. The van der Waals surface area contributed by atoms with Gasteiger partial charge in [0, 0.05) is 26.6 Å². The van der Waals surface area contributed by atoms with Crippen LogP contribution >= 0.6 is 0 Å². The van der Waals surface area contributed by atoms with Crippen molar-refractivity contribution in [2.45, 2.75) is 25.8 Å². The third kappa shape index (κ3) is 4.03. The highest BCUT2D eigenvalue weighted by Crippen LogP contribution is 2.30. The fraction of sp³-hybridized carbons (Fsp3) is 0.562. The minimum atomic E-state index is 0.717. The zero-order valence-electron chi connectivity index (χ0n) is 12.5. The summed E-state index contributed by atoms with van der Waals surface area (Å²) in [4.78, 5) is 4.24. The van der Waals surface area contributed by atoms with Gasteiger partial charge in [-0.2, -0.15) is 0 Å². The molecule has 0 atom stereocenters. The van der Waals surface area contributed by atoms with Gasteiger partial charge in [0.05, 0.1) is 13.2 Å². The van der Waals surface area contributed by atoms with Crippen LogP contribution in [0.25, 0.3) is 0 Å². The molecule has 5 nitrogen and oxygen atoms in total. The molecule has 3 rings (SSSR count). The average Bonchev–Trinajstić information content (AvgIpc) is 3.33. The standard InChI is InChI=1S/C16H23N3O2/c1-17-16(18-10-12-3-4-12)19-11-13-5-6-14-15(9-13)21-8-2-7-20-14/h5-6,9,12H,2-4,7-8,10-11H2,1H3,(H2,17,18,19). The van der Waals surface area contributed by atoms with E-state index in [4.69, 9.17) is 9.47 Å². The highest BCUT2D eigenvalue weighted by atomic mass is 16.5. The number of rotatable bonds is 4. The van der Waals surface area contributed by atoms with E-state index >= 15 is 0 Å². The Morgan fingerprint density at radius 2 is 2.00 bits per heavy atom. The Bertz CT molecular complexity index is 512. The van der Waals surface area contributed by atoms with Crippen LogP contribution in [0.15, 0.2) is 23.2 Å². The van der Waals surface area contributed by atoms with Crippen molar-refractivity contribution in [2.75, 3.05) is 26.8 Å². The van der Waals surface area contributed by atoms with Gasteiger partial charge >= 0.3 is 0 Å². The van der Waals surface area contributed by atoms with Crippen LogP contribution < -0.4 is 20.1 Å². The Labute approximate surface area is 125 Å². The zero-order chi connectivity index (χ0) is 14.5. The first-order chi connectivity index (χ1) is 10.3. The Balaban J connectivity index is 1.55. The highest BCUT2D eigenvalue weighted by Gasteiger charge is 2.21. The van der Waals surface area contributed by atoms with Gasteiger partial charge in [-0.05, 0) is 36.5 Å². The highest BCUT2D eigenvalue weighted by molar-refractivity contribution is 5.79. The fourth-order valence-electron chi connectivity index (χ4n) is 2.29. The molecule has 0 spiro atoms. The lowest BCUT2D eigenvalue weighted by molar-refractivity contribution is 0.297. The van der Waals surface area contributed by atoms with Crippen LogP contribution in [0, 0.1) is 5.92 Å². The molecule has 1 saturated carbocycles. The van der Waals surface area contributed by atoms with E-state index in [9.17, 15) is 0 Å². The van der Waals surface area contributed by atoms with Crippen molar-refractivity contribution in [1.82, 2.24) is 10.6 Å². The molecule has 114 valence electrons. The van der Waals surface area contributed by atoms with Crippen LogP contribution in [-0.4, -0.2) is 32.8 Å². The van der Waals surface area contributed by atoms with E-state index in [1.165, 1.54) is 12.8 Å². The van der Waals surface area contributed by atoms with E-state index in [1.807, 2.05) is 12.1 Å². The van der Waals surface area contributed by atoms with E-state index in [-0.39, 0.29) is 0 Å². The van der Waals surface area contributed by atoms with Gasteiger partial charge in [-0.15, -0.1) is 0 Å². The van der Waals surface area contributed by atoms with E-state index in [2.05, 4.69) is 21.7 Å². The summed E-state index contributed by atoms with van der Waals surface area (Å²) in [6, 6.07) is 6.09. The lowest BCUT2D eigenvalue weighted by Crippen LogP contribution is -2.37. The predicted octanol–water partition coefficient (Wildman–Crippen LogP) is 1.92. The molecule has 1 aromatic rings. The third-order valence-corrected chi connectivity index (χ3v) is 3.75. The van der Waals surface area contributed by atoms with Gasteiger partial charge in [0.2, 0.25) is 0 Å². The van der Waals surface area contributed by atoms with Gasteiger partial charge in [-0.25, -0.2) is 0 Å². The molecule has 2 aliphatic rings. The Hall–Kier alpha value is -1.91. The van der Waals surface area contributed by atoms with Gasteiger partial charge in [-0.3, -0.25) is 4.99 Å². The second kappa shape index (κ2) is 6.70. The Kier molecular flexibility index (Phi) is 4.48. The number of hydrogen-bond acceptors (Lipinski definition) is 3. The molecule has 1 aliphatic heterocycles. The van der Waals surface area contributed by atoms with Crippen LogP contribution in [-0.2, 0) is 6.54 Å². The largest absolute Gasteiger partial charge is 0.490 e. The van der Waals surface area contributed by atoms with E-state index in [0.717, 1.165) is 55.1 Å². The maximum atomic E-state index is 5.71. The first-order valence-corrected chi connectivity index (χ1v) is 7.68. The molecule has 1 aromatic carbocycles. The van der Waals surface area contributed by atoms with Crippen molar-refractivity contribution >= 4 is 5.96 Å². The predicted molar refractivity (Wildman–Crippen MR) is 83.0 cm³/mol. The second-order valence-electron chi connectivity index (χ2n) is 5.58. The number of nitrogens with zero attached hydrogens (tertiary/aromatic N) is 1. The van der Waals surface area contributed by atoms with Crippen molar-refractivity contribution in [3.05, 3.63) is 23.8 Å². The molecule has 0 aromatic heterocycles. The van der Waals surface area contributed by atoms with Gasteiger partial charge in [0.25, 0.3) is 0 Å². The van der Waals surface area contributed by atoms with Crippen molar-refractivity contribution in [2.24, 2.45) is 10.9 Å². The molecule has 0 radical (unpaired) electrons. The molecule has 2 N–H and O–H groups in total. The van der Waals surface area contributed by atoms with Crippen molar-refractivity contribution in [3.63, 3.8) is 0 Å². The lowest BCUT2D eigenvalue weighted by atomic mass is 10.2. The van der Waals surface area contributed by atoms with Crippen LogP contribution in [0.5, 0.6) is 11.5 Å². The van der Waals surface area contributed by atoms with Crippen molar-refractivity contribution < 1.29 is 9.47 Å². The Morgan fingerprint density at radius 1 is 1.19 bits per heavy atom. The number of hydrogen-bond donors (Lipinski definition) is 2. The van der Waals surface area contributed by atoms with Crippen molar-refractivity contribution in [1.29, 1.82) is 0 Å². The summed E-state index contributed by atoms with van der Waals surface area (Å²) in [6.07, 6.45) is 3.61. The fourth-order valence-corrected chi connectivity index (χ4v) is 2.29. The molecule has 0 saturated heterocycles. The molecule has 1 fully saturated rings. The summed E-state index contributed by atoms with van der Waals surface area (Å²) in [5.41, 5.74) is 1.16. The van der Waals surface area contributed by atoms with Gasteiger partial charge in [0.15, 0.2) is 17.5 Å². The van der Waals surface area contributed by atoms with Crippen molar-refractivity contribution in [3.8, 4) is 11.5 Å². The lowest BCUT2D eigenvalue weighted by Gasteiger charge is -2.13. The molecule has 0 amide bonds. The van der Waals surface area contributed by atoms with Gasteiger partial charge < -0.3 is 20.1 Å². The molecule has 21 heavy (non-hydrogen) atoms. The van der Waals surface area contributed by atoms with E-state index in [1.54, 1.807) is 7.05 Å². The minimum Gasteiger partial charge on any atom is -0.490 e. The van der Waals surface area contributed by atoms with Crippen LogP contribution in [0.2, 0.25) is 0 Å². The summed E-state index contributed by atoms with van der Waals surface area (Å²) in [5, 5.41) is 6.69. The van der Waals surface area contributed by atoms with Crippen LogP contribution in [0.1, 0.15) is 24.8 Å². The SMILES string of the molecule is CN=C(NCc1ccc2c(c1)OCCCO2)NCC1CC1. The molecular weight excluding hydrogens is 266 g/mol. The van der Waals surface area contributed by atoms with E-state index in [0.29, 0.717) is 6.61 Å². The van der Waals surface area contributed by atoms with Crippen LogP contribution in [0.3, 0.4) is 0 Å². The number of ether oxygens (including phenoxy) is 2. The minimum absolute atomic E-state index is 0.717. The molecule has 1 aliphatic carbocycles. The first-order valence-electron chi connectivity index (χ1n) is 7.68. The molecular formula is C16H23N3O2.